The molecule has 5 nitrogen and oxygen atoms in total. The number of carboxylic acid groups (broad SMARTS) is 2. The summed E-state index contributed by atoms with van der Waals surface area (Å²) in [5.41, 5.74) is 0. The Kier molecular flexibility index (Phi) is 7.07. The van der Waals surface area contributed by atoms with Crippen LogP contribution in [0.15, 0.2) is 0 Å². The van der Waals surface area contributed by atoms with Crippen molar-refractivity contribution in [2.24, 2.45) is 0 Å². The number of carboxylic acids is 2. The Morgan fingerprint density at radius 3 is 1.70 bits per heavy atom. The van der Waals surface area contributed by atoms with Gasteiger partial charge in [-0.05, 0) is 0 Å². The zero-order valence-electron chi connectivity index (χ0n) is 7.03. The SMILES string of the molecule is O=C(O)CC(=O)C(=O)O.[Ca+2].[H-].[H-]. The van der Waals surface area contributed by atoms with Gasteiger partial charge >= 0.3 is 49.7 Å². The van der Waals surface area contributed by atoms with Crippen molar-refractivity contribution in [2.75, 3.05) is 0 Å². The van der Waals surface area contributed by atoms with Crippen LogP contribution >= 0.6 is 0 Å². The van der Waals surface area contributed by atoms with Crippen molar-refractivity contribution in [1.29, 1.82) is 0 Å². The Morgan fingerprint density at radius 1 is 1.20 bits per heavy atom. The molecule has 0 saturated heterocycles. The van der Waals surface area contributed by atoms with E-state index in [1.54, 1.807) is 0 Å². The second kappa shape index (κ2) is 5.64. The maximum absolute atomic E-state index is 9.97. The van der Waals surface area contributed by atoms with Crippen LogP contribution in [0.2, 0.25) is 0 Å². The monoisotopic (exact) mass is 174 g/mol. The average Bonchev–Trinajstić information content (AvgIpc) is 1.63. The zero-order chi connectivity index (χ0) is 7.44. The third-order valence-corrected chi connectivity index (χ3v) is 0.550. The Hall–Kier alpha value is -0.130. The summed E-state index contributed by atoms with van der Waals surface area (Å²) in [6, 6.07) is 0. The molecular formula is C4H6CaO5. The predicted molar refractivity (Wildman–Crippen MR) is 32.9 cm³/mol. The molecule has 0 aliphatic carbocycles. The van der Waals surface area contributed by atoms with Gasteiger partial charge < -0.3 is 13.1 Å². The third-order valence-electron chi connectivity index (χ3n) is 0.550. The molecular weight excluding hydrogens is 168 g/mol. The molecule has 2 N–H and O–H groups in total. The van der Waals surface area contributed by atoms with Crippen LogP contribution in [-0.2, 0) is 14.4 Å². The van der Waals surface area contributed by atoms with Gasteiger partial charge in [-0.15, -0.1) is 0 Å². The third kappa shape index (κ3) is 6.00. The Labute approximate surface area is 89.0 Å². The van der Waals surface area contributed by atoms with E-state index in [1.807, 2.05) is 0 Å². The number of hydrogen-bond acceptors (Lipinski definition) is 3. The second-order valence-corrected chi connectivity index (χ2v) is 1.30. The number of Topliss-reactive ketones (excluding diaryl/α,β-unsaturated/α-hetero) is 1. The van der Waals surface area contributed by atoms with Crippen LogP contribution in [0.25, 0.3) is 0 Å². The summed E-state index contributed by atoms with van der Waals surface area (Å²) in [5, 5.41) is 15.7. The molecule has 0 rings (SSSR count). The smallest absolute Gasteiger partial charge is 1.00 e. The maximum Gasteiger partial charge on any atom is 2.00 e. The van der Waals surface area contributed by atoms with Crippen molar-refractivity contribution < 1.29 is 27.4 Å². The van der Waals surface area contributed by atoms with Crippen LogP contribution in [0.1, 0.15) is 9.27 Å². The van der Waals surface area contributed by atoms with E-state index in [4.69, 9.17) is 10.2 Å². The number of carbonyl (C=O) groups excluding carboxylic acids is 1. The molecule has 0 amide bonds. The fourth-order valence-corrected chi connectivity index (χ4v) is 0.213. The van der Waals surface area contributed by atoms with Gasteiger partial charge in [-0.25, -0.2) is 4.79 Å². The summed E-state index contributed by atoms with van der Waals surface area (Å²) in [7, 11) is 0. The van der Waals surface area contributed by atoms with Crippen LogP contribution in [0.3, 0.4) is 0 Å². The molecule has 0 heterocycles. The normalized spacial score (nSPS) is 7.60. The van der Waals surface area contributed by atoms with Gasteiger partial charge in [0.1, 0.15) is 6.42 Å². The minimum atomic E-state index is -1.71. The van der Waals surface area contributed by atoms with Gasteiger partial charge in [0.25, 0.3) is 5.78 Å². The Morgan fingerprint density at radius 2 is 1.60 bits per heavy atom. The molecule has 0 saturated carbocycles. The molecule has 0 aliphatic rings. The van der Waals surface area contributed by atoms with Gasteiger partial charge in [0.2, 0.25) is 0 Å². The molecule has 0 spiro atoms. The molecule has 0 aromatic rings. The topological polar surface area (TPSA) is 91.7 Å². The summed E-state index contributed by atoms with van der Waals surface area (Å²) < 4.78 is 0. The van der Waals surface area contributed by atoms with E-state index in [1.165, 1.54) is 0 Å². The molecule has 0 unspecified atom stereocenters. The zero-order valence-corrected chi connectivity index (χ0v) is 7.24. The second-order valence-electron chi connectivity index (χ2n) is 1.30. The summed E-state index contributed by atoms with van der Waals surface area (Å²) in [6.07, 6.45) is -0.949. The fraction of sp³-hybridized carbons (Fsp3) is 0.250. The summed E-state index contributed by atoms with van der Waals surface area (Å²) in [4.78, 5) is 29.2. The molecule has 0 bridgehead atoms. The van der Waals surface area contributed by atoms with Gasteiger partial charge in [0.15, 0.2) is 0 Å². The predicted octanol–water partition coefficient (Wildman–Crippen LogP) is -1.04. The van der Waals surface area contributed by atoms with E-state index >= 15 is 0 Å². The van der Waals surface area contributed by atoms with Gasteiger partial charge in [0, 0.05) is 0 Å². The molecule has 0 aromatic carbocycles. The minimum absolute atomic E-state index is 0. The van der Waals surface area contributed by atoms with Crippen molar-refractivity contribution in [1.82, 2.24) is 0 Å². The first kappa shape index (κ1) is 12.5. The van der Waals surface area contributed by atoms with Crippen molar-refractivity contribution in [3.8, 4) is 0 Å². The van der Waals surface area contributed by atoms with Gasteiger partial charge in [-0.2, -0.15) is 0 Å². The molecule has 0 atom stereocenters. The number of rotatable bonds is 3. The van der Waals surface area contributed by atoms with E-state index in [0.29, 0.717) is 0 Å². The first-order chi connectivity index (χ1) is 4.04. The molecule has 0 aromatic heterocycles. The van der Waals surface area contributed by atoms with Gasteiger partial charge in [-0.1, -0.05) is 0 Å². The summed E-state index contributed by atoms with van der Waals surface area (Å²) >= 11 is 0. The molecule has 0 aliphatic heterocycles. The number of aliphatic carboxylic acids is 2. The van der Waals surface area contributed by atoms with Crippen molar-refractivity contribution in [3.05, 3.63) is 0 Å². The van der Waals surface area contributed by atoms with E-state index < -0.39 is 24.1 Å². The number of carbonyl (C=O) groups is 3. The summed E-state index contributed by atoms with van der Waals surface area (Å²) in [5.74, 6) is -4.44. The van der Waals surface area contributed by atoms with Crippen LogP contribution in [0.5, 0.6) is 0 Å². The molecule has 54 valence electrons. The molecule has 0 radical (unpaired) electrons. The first-order valence-electron chi connectivity index (χ1n) is 2.02. The minimum Gasteiger partial charge on any atom is -1.00 e. The van der Waals surface area contributed by atoms with E-state index in [9.17, 15) is 14.4 Å². The fourth-order valence-electron chi connectivity index (χ4n) is 0.213. The molecule has 0 fully saturated rings. The Balaban J connectivity index is -0.000000107. The van der Waals surface area contributed by atoms with E-state index in [2.05, 4.69) is 0 Å². The van der Waals surface area contributed by atoms with Crippen LogP contribution in [0.4, 0.5) is 0 Å². The van der Waals surface area contributed by atoms with E-state index in [0.717, 1.165) is 0 Å². The van der Waals surface area contributed by atoms with Crippen molar-refractivity contribution >= 4 is 55.5 Å². The van der Waals surface area contributed by atoms with Crippen LogP contribution < -0.4 is 0 Å². The largest absolute Gasteiger partial charge is 2.00 e. The molecule has 6 heteroatoms. The van der Waals surface area contributed by atoms with E-state index in [-0.39, 0.29) is 40.6 Å². The number of ketones is 1. The van der Waals surface area contributed by atoms with Crippen LogP contribution in [0, 0.1) is 0 Å². The maximum atomic E-state index is 9.97. The standard InChI is InChI=1S/C4H4O5.Ca.2H/c5-2(4(8)9)1-3(6)7;;;/h1H2,(H,6,7)(H,8,9);;;/q;+2;2*-1. The van der Waals surface area contributed by atoms with Crippen molar-refractivity contribution in [2.45, 2.75) is 6.42 Å². The summed E-state index contributed by atoms with van der Waals surface area (Å²) in [6.45, 7) is 0. The Bertz CT molecular complexity index is 171. The average molecular weight is 174 g/mol. The van der Waals surface area contributed by atoms with Gasteiger partial charge in [0.05, 0.1) is 0 Å². The quantitative estimate of drug-likeness (QED) is 0.324. The van der Waals surface area contributed by atoms with Gasteiger partial charge in [-0.3, -0.25) is 9.59 Å². The van der Waals surface area contributed by atoms with Crippen LogP contribution in [-0.4, -0.2) is 65.7 Å². The van der Waals surface area contributed by atoms with Crippen molar-refractivity contribution in [3.63, 3.8) is 0 Å². The molecule has 10 heavy (non-hydrogen) atoms. The number of hydrogen-bond donors (Lipinski definition) is 2. The first-order valence-corrected chi connectivity index (χ1v) is 2.02.